The number of hydrogen-bond donors (Lipinski definition) is 5. The lowest BCUT2D eigenvalue weighted by Crippen LogP contribution is -2.66. The first kappa shape index (κ1) is 31.1. The molecule has 5 aliphatic rings. The predicted molar refractivity (Wildman–Crippen MR) is 167 cm³/mol. The van der Waals surface area contributed by atoms with E-state index in [2.05, 4.69) is 5.32 Å². The number of rotatable bonds is 7. The molecule has 5 atom stereocenters. The zero-order valence-electron chi connectivity index (χ0n) is 25.4. The minimum absolute atomic E-state index is 0.0683. The predicted octanol–water partition coefficient (Wildman–Crippen LogP) is 3.26. The van der Waals surface area contributed by atoms with E-state index >= 15 is 0 Å². The second kappa shape index (κ2) is 12.2. The molecule has 1 heterocycles. The Kier molecular flexibility index (Phi) is 8.60. The lowest BCUT2D eigenvalue weighted by atomic mass is 9.55. The first-order chi connectivity index (χ1) is 21.1. The SMILES string of the molecule is CN(C)C1C(=O)C(C(=O)NCN2CCCCC2)=C(O)C2(O)C(=O)C3=C(O)c4c(O)cccc4C(CSC4CCCC4)C3CC12. The van der Waals surface area contributed by atoms with Crippen LogP contribution in [0.5, 0.6) is 5.75 Å². The summed E-state index contributed by atoms with van der Waals surface area (Å²) in [5, 5.41) is 49.4. The van der Waals surface area contributed by atoms with Gasteiger partial charge in [-0.1, -0.05) is 31.4 Å². The summed E-state index contributed by atoms with van der Waals surface area (Å²) >= 11 is 1.82. The summed E-state index contributed by atoms with van der Waals surface area (Å²) in [7, 11) is 3.31. The van der Waals surface area contributed by atoms with Gasteiger partial charge in [-0.2, -0.15) is 11.8 Å². The number of nitrogens with zero attached hydrogens (tertiary/aromatic N) is 2. The number of thioether (sulfide) groups is 1. The average molecular weight is 626 g/mol. The zero-order valence-corrected chi connectivity index (χ0v) is 26.2. The molecule has 1 saturated heterocycles. The molecule has 1 aliphatic heterocycles. The van der Waals surface area contributed by atoms with E-state index in [4.69, 9.17) is 0 Å². The Labute approximate surface area is 262 Å². The maximum absolute atomic E-state index is 14.5. The van der Waals surface area contributed by atoms with Crippen LogP contribution in [-0.4, -0.2) is 104 Å². The maximum atomic E-state index is 14.5. The van der Waals surface area contributed by atoms with E-state index in [1.165, 1.54) is 18.9 Å². The Morgan fingerprint density at radius 2 is 1.77 bits per heavy atom. The van der Waals surface area contributed by atoms with Gasteiger partial charge in [0.05, 0.1) is 18.3 Å². The first-order valence-corrected chi connectivity index (χ1v) is 16.9. The molecule has 1 amide bonds. The van der Waals surface area contributed by atoms with E-state index in [9.17, 15) is 34.8 Å². The van der Waals surface area contributed by atoms with Crippen LogP contribution in [0.25, 0.3) is 5.76 Å². The van der Waals surface area contributed by atoms with Gasteiger partial charge < -0.3 is 25.7 Å². The monoisotopic (exact) mass is 625 g/mol. The van der Waals surface area contributed by atoms with Gasteiger partial charge >= 0.3 is 0 Å². The molecule has 1 aromatic carbocycles. The summed E-state index contributed by atoms with van der Waals surface area (Å²) in [6, 6.07) is 3.96. The molecule has 0 radical (unpaired) electrons. The molecule has 5 N–H and O–H groups in total. The minimum atomic E-state index is -2.61. The van der Waals surface area contributed by atoms with Crippen molar-refractivity contribution in [2.24, 2.45) is 11.8 Å². The molecule has 3 fully saturated rings. The third-order valence-corrected chi connectivity index (χ3v) is 12.0. The van der Waals surface area contributed by atoms with Gasteiger partial charge in [0.2, 0.25) is 5.78 Å². The number of fused-ring (bicyclic) bond motifs is 3. The Morgan fingerprint density at radius 1 is 1.07 bits per heavy atom. The van der Waals surface area contributed by atoms with Crippen LogP contribution in [-0.2, 0) is 14.4 Å². The third kappa shape index (κ3) is 5.05. The number of benzene rings is 1. The number of Topliss-reactive ketones (excluding diaryl/α,β-unsaturated/α-hetero) is 2. The molecule has 2 saturated carbocycles. The van der Waals surface area contributed by atoms with Crippen molar-refractivity contribution in [3.8, 4) is 5.75 Å². The molecule has 4 aliphatic carbocycles. The quantitative estimate of drug-likeness (QED) is 0.286. The maximum Gasteiger partial charge on any atom is 0.259 e. The van der Waals surface area contributed by atoms with Gasteiger partial charge in [0.15, 0.2) is 11.4 Å². The van der Waals surface area contributed by atoms with Gasteiger partial charge in [-0.25, -0.2) is 0 Å². The molecule has 0 spiro atoms. The topological polar surface area (TPSA) is 151 Å². The van der Waals surface area contributed by atoms with Gasteiger partial charge in [-0.15, -0.1) is 0 Å². The van der Waals surface area contributed by atoms with Crippen LogP contribution in [0.3, 0.4) is 0 Å². The number of phenolic OH excluding ortho intramolecular Hbond substituents is 1. The van der Waals surface area contributed by atoms with Gasteiger partial charge in [0.1, 0.15) is 22.8 Å². The Balaban J connectivity index is 1.41. The Morgan fingerprint density at radius 3 is 2.45 bits per heavy atom. The third-order valence-electron chi connectivity index (χ3n) is 10.5. The number of ketones is 2. The van der Waals surface area contributed by atoms with Crippen molar-refractivity contribution < 1.29 is 34.8 Å². The number of aliphatic hydroxyl groups is 3. The number of likely N-dealkylation sites (tertiary alicyclic amines) is 1. The van der Waals surface area contributed by atoms with Gasteiger partial charge in [-0.05, 0) is 76.8 Å². The second-order valence-electron chi connectivity index (χ2n) is 13.2. The highest BCUT2D eigenvalue weighted by atomic mass is 32.2. The van der Waals surface area contributed by atoms with E-state index in [0.29, 0.717) is 11.0 Å². The second-order valence-corrected chi connectivity index (χ2v) is 14.6. The van der Waals surface area contributed by atoms with Gasteiger partial charge in [-0.3, -0.25) is 24.2 Å². The number of aromatic hydroxyl groups is 1. The van der Waals surface area contributed by atoms with Crippen molar-refractivity contribution in [3.05, 3.63) is 46.2 Å². The van der Waals surface area contributed by atoms with Crippen molar-refractivity contribution in [3.63, 3.8) is 0 Å². The first-order valence-electron chi connectivity index (χ1n) is 15.8. The molecule has 1 aromatic rings. The highest BCUT2D eigenvalue weighted by Gasteiger charge is 2.65. The number of nitrogens with one attached hydrogen (secondary N) is 1. The summed E-state index contributed by atoms with van der Waals surface area (Å²) < 4.78 is 0. The van der Waals surface area contributed by atoms with Crippen molar-refractivity contribution in [2.45, 2.75) is 74.2 Å². The van der Waals surface area contributed by atoms with Gasteiger partial charge in [0.25, 0.3) is 5.91 Å². The fourth-order valence-corrected chi connectivity index (χ4v) is 9.77. The van der Waals surface area contributed by atoms with Crippen LogP contribution in [0, 0.1) is 11.8 Å². The van der Waals surface area contributed by atoms with E-state index in [1.807, 2.05) is 22.7 Å². The molecule has 0 aromatic heterocycles. The van der Waals surface area contributed by atoms with Crippen LogP contribution < -0.4 is 5.32 Å². The molecular weight excluding hydrogens is 582 g/mol. The molecule has 10 nitrogen and oxygen atoms in total. The molecule has 0 bridgehead atoms. The average Bonchev–Trinajstić information content (AvgIpc) is 3.52. The Hall–Kier alpha value is -2.86. The van der Waals surface area contributed by atoms with E-state index < -0.39 is 58.0 Å². The van der Waals surface area contributed by atoms with Crippen LogP contribution >= 0.6 is 11.8 Å². The van der Waals surface area contributed by atoms with Crippen LogP contribution in [0.15, 0.2) is 35.1 Å². The number of carbonyl (C=O) groups excluding carboxylic acids is 3. The van der Waals surface area contributed by atoms with Crippen molar-refractivity contribution in [2.75, 3.05) is 39.6 Å². The molecule has 11 heteroatoms. The van der Waals surface area contributed by atoms with Crippen molar-refractivity contribution in [1.82, 2.24) is 15.1 Å². The zero-order chi connectivity index (χ0) is 31.3. The lowest BCUT2D eigenvalue weighted by Gasteiger charge is -2.51. The minimum Gasteiger partial charge on any atom is -0.508 e. The van der Waals surface area contributed by atoms with E-state index in [1.54, 1.807) is 25.1 Å². The van der Waals surface area contributed by atoms with E-state index in [0.717, 1.165) is 50.8 Å². The summed E-state index contributed by atoms with van der Waals surface area (Å²) in [5.74, 6) is -5.26. The Bertz CT molecular complexity index is 1410. The number of hydrogen-bond acceptors (Lipinski definition) is 10. The lowest BCUT2D eigenvalue weighted by molar-refractivity contribution is -0.154. The normalized spacial score (nSPS) is 31.3. The molecule has 6 rings (SSSR count). The molecular formula is C33H43N3O7S. The number of piperidine rings is 1. The van der Waals surface area contributed by atoms with Crippen LogP contribution in [0.2, 0.25) is 0 Å². The van der Waals surface area contributed by atoms with Gasteiger partial charge in [0, 0.05) is 28.4 Å². The van der Waals surface area contributed by atoms with Crippen molar-refractivity contribution >= 4 is 35.0 Å². The fraction of sp³-hybridized carbons (Fsp3) is 0.606. The number of phenols is 1. The fourth-order valence-electron chi connectivity index (χ4n) is 8.21. The summed E-state index contributed by atoms with van der Waals surface area (Å²) in [6.45, 7) is 1.77. The smallest absolute Gasteiger partial charge is 0.259 e. The summed E-state index contributed by atoms with van der Waals surface area (Å²) in [5.41, 5.74) is -2.42. The highest BCUT2D eigenvalue weighted by Crippen LogP contribution is 2.57. The number of aliphatic hydroxyl groups excluding tert-OH is 2. The number of amides is 1. The molecule has 238 valence electrons. The molecule has 5 unspecified atom stereocenters. The van der Waals surface area contributed by atoms with Crippen LogP contribution in [0.4, 0.5) is 0 Å². The standard InChI is InChI=1S/C33H43N3O7S/c1-35(2)27-22-15-20-21(16-44-18-9-4-5-10-18)19-11-8-12-23(37)24(19)28(38)25(20)30(40)33(22,43)31(41)26(29(27)39)32(42)34-17-36-13-6-3-7-14-36/h8,11-12,18,20-22,27,37-38,41,43H,3-7,9-10,13-17H2,1-2H3,(H,34,42). The van der Waals surface area contributed by atoms with Crippen molar-refractivity contribution in [1.29, 1.82) is 0 Å². The van der Waals surface area contributed by atoms with Crippen LogP contribution in [0.1, 0.15) is 68.4 Å². The summed E-state index contributed by atoms with van der Waals surface area (Å²) in [4.78, 5) is 45.6. The largest absolute Gasteiger partial charge is 0.508 e. The number of likely N-dealkylation sites (N-methyl/N-ethyl adjacent to an activating group) is 1. The van der Waals surface area contributed by atoms with E-state index in [-0.39, 0.29) is 35.9 Å². The highest BCUT2D eigenvalue weighted by molar-refractivity contribution is 7.99. The molecule has 44 heavy (non-hydrogen) atoms. The number of carbonyl (C=O) groups is 3. The summed E-state index contributed by atoms with van der Waals surface area (Å²) in [6.07, 6.45) is 7.81.